The second kappa shape index (κ2) is 3.93. The third-order valence-electron chi connectivity index (χ3n) is 2.71. The molecule has 0 amide bonds. The molecule has 1 rings (SSSR count). The molecule has 5 heteroatoms. The molecule has 0 radical (unpaired) electrons. The molecule has 0 aromatic carbocycles. The summed E-state index contributed by atoms with van der Waals surface area (Å²) in [5.41, 5.74) is 5.49. The first-order valence-corrected chi connectivity index (χ1v) is 4.44. The standard InChI is InChI=1S/C8H18N4O/c1-6(8(9)10-13)12-4-7(5-12)11(2)3/h6-7,13H,4-5H2,1-3H3,(H2,9,10). The SMILES string of the molecule is CC(/C(N)=N/O)N1CC(N(C)C)C1. The zero-order valence-electron chi connectivity index (χ0n) is 8.44. The molecule has 0 aromatic rings. The minimum Gasteiger partial charge on any atom is -0.409 e. The average Bonchev–Trinajstić information content (AvgIpc) is 1.99. The van der Waals surface area contributed by atoms with Crippen LogP contribution in [0.15, 0.2) is 5.16 Å². The molecule has 3 N–H and O–H groups in total. The van der Waals surface area contributed by atoms with Crippen molar-refractivity contribution in [3.8, 4) is 0 Å². The minimum atomic E-state index is 0.0428. The molecular weight excluding hydrogens is 168 g/mol. The molecular formula is C8H18N4O. The largest absolute Gasteiger partial charge is 0.409 e. The quantitative estimate of drug-likeness (QED) is 0.266. The van der Waals surface area contributed by atoms with E-state index < -0.39 is 0 Å². The number of oxime groups is 1. The van der Waals surface area contributed by atoms with E-state index in [1.165, 1.54) is 0 Å². The maximum Gasteiger partial charge on any atom is 0.156 e. The predicted octanol–water partition coefficient (Wildman–Crippen LogP) is -0.633. The first-order chi connectivity index (χ1) is 6.06. The third-order valence-corrected chi connectivity index (χ3v) is 2.71. The van der Waals surface area contributed by atoms with E-state index in [9.17, 15) is 0 Å². The van der Waals surface area contributed by atoms with Gasteiger partial charge in [-0.15, -0.1) is 0 Å². The molecule has 0 spiro atoms. The van der Waals surface area contributed by atoms with Crippen molar-refractivity contribution in [1.29, 1.82) is 0 Å². The Hall–Kier alpha value is -0.810. The fourth-order valence-electron chi connectivity index (χ4n) is 1.40. The molecule has 5 nitrogen and oxygen atoms in total. The van der Waals surface area contributed by atoms with Crippen LogP contribution in [-0.4, -0.2) is 60.1 Å². The van der Waals surface area contributed by atoms with Crippen LogP contribution in [0.2, 0.25) is 0 Å². The van der Waals surface area contributed by atoms with Gasteiger partial charge in [-0.3, -0.25) is 4.90 Å². The van der Waals surface area contributed by atoms with Gasteiger partial charge in [0.05, 0.1) is 6.04 Å². The van der Waals surface area contributed by atoms with Crippen molar-refractivity contribution >= 4 is 5.84 Å². The van der Waals surface area contributed by atoms with Crippen molar-refractivity contribution in [1.82, 2.24) is 9.80 Å². The lowest BCUT2D eigenvalue weighted by Gasteiger charge is -2.45. The highest BCUT2D eigenvalue weighted by molar-refractivity contribution is 5.84. The molecule has 0 bridgehead atoms. The van der Waals surface area contributed by atoms with Gasteiger partial charge in [0.15, 0.2) is 5.84 Å². The number of rotatable bonds is 3. The van der Waals surface area contributed by atoms with Crippen molar-refractivity contribution in [2.45, 2.75) is 19.0 Å². The second-order valence-electron chi connectivity index (χ2n) is 3.77. The van der Waals surface area contributed by atoms with Crippen molar-refractivity contribution in [2.75, 3.05) is 27.2 Å². The van der Waals surface area contributed by atoms with E-state index in [-0.39, 0.29) is 11.9 Å². The molecule has 1 fully saturated rings. The molecule has 1 aliphatic rings. The summed E-state index contributed by atoms with van der Waals surface area (Å²) in [6, 6.07) is 0.648. The highest BCUT2D eigenvalue weighted by Crippen LogP contribution is 2.15. The van der Waals surface area contributed by atoms with Crippen molar-refractivity contribution in [3.63, 3.8) is 0 Å². The summed E-state index contributed by atoms with van der Waals surface area (Å²) in [6.45, 7) is 3.93. The summed E-state index contributed by atoms with van der Waals surface area (Å²) in [5, 5.41) is 11.5. The van der Waals surface area contributed by atoms with Gasteiger partial charge in [0.25, 0.3) is 0 Å². The topological polar surface area (TPSA) is 65.1 Å². The fraction of sp³-hybridized carbons (Fsp3) is 0.875. The van der Waals surface area contributed by atoms with E-state index in [4.69, 9.17) is 10.9 Å². The van der Waals surface area contributed by atoms with E-state index in [1.807, 2.05) is 6.92 Å². The Labute approximate surface area is 78.8 Å². The van der Waals surface area contributed by atoms with Gasteiger partial charge < -0.3 is 15.8 Å². The fourth-order valence-corrected chi connectivity index (χ4v) is 1.40. The number of amidine groups is 1. The van der Waals surface area contributed by atoms with Crippen LogP contribution in [0.3, 0.4) is 0 Å². The number of nitrogens with zero attached hydrogens (tertiary/aromatic N) is 3. The van der Waals surface area contributed by atoms with Crippen LogP contribution in [0.25, 0.3) is 0 Å². The Morgan fingerprint density at radius 3 is 2.54 bits per heavy atom. The van der Waals surface area contributed by atoms with E-state index in [0.717, 1.165) is 13.1 Å². The molecule has 13 heavy (non-hydrogen) atoms. The molecule has 1 unspecified atom stereocenters. The molecule has 1 atom stereocenters. The number of hydrogen-bond acceptors (Lipinski definition) is 4. The number of likely N-dealkylation sites (N-methyl/N-ethyl adjacent to an activating group) is 1. The summed E-state index contributed by atoms with van der Waals surface area (Å²) >= 11 is 0. The van der Waals surface area contributed by atoms with Gasteiger partial charge in [-0.2, -0.15) is 0 Å². The average molecular weight is 186 g/mol. The minimum absolute atomic E-state index is 0.0428. The van der Waals surface area contributed by atoms with E-state index in [2.05, 4.69) is 29.1 Å². The third kappa shape index (κ3) is 2.10. The second-order valence-corrected chi connectivity index (χ2v) is 3.77. The molecule has 0 aromatic heterocycles. The molecule has 1 saturated heterocycles. The molecule has 0 aliphatic carbocycles. The Bertz CT molecular complexity index is 198. The zero-order valence-corrected chi connectivity index (χ0v) is 8.44. The Balaban J connectivity index is 2.35. The first kappa shape index (κ1) is 10.3. The lowest BCUT2D eigenvalue weighted by molar-refractivity contribution is 0.0517. The predicted molar refractivity (Wildman–Crippen MR) is 51.9 cm³/mol. The highest BCUT2D eigenvalue weighted by atomic mass is 16.4. The first-order valence-electron chi connectivity index (χ1n) is 4.44. The van der Waals surface area contributed by atoms with E-state index in [0.29, 0.717) is 6.04 Å². The lowest BCUT2D eigenvalue weighted by Crippen LogP contribution is -2.62. The van der Waals surface area contributed by atoms with E-state index >= 15 is 0 Å². The molecule has 1 aliphatic heterocycles. The van der Waals surface area contributed by atoms with Crippen molar-refractivity contribution in [3.05, 3.63) is 0 Å². The Kier molecular flexibility index (Phi) is 3.11. The maximum atomic E-state index is 8.47. The summed E-state index contributed by atoms with van der Waals surface area (Å²) < 4.78 is 0. The van der Waals surface area contributed by atoms with E-state index in [1.54, 1.807) is 0 Å². The van der Waals surface area contributed by atoms with Gasteiger partial charge in [0.2, 0.25) is 0 Å². The number of hydrogen-bond donors (Lipinski definition) is 2. The van der Waals surface area contributed by atoms with Crippen LogP contribution in [0.5, 0.6) is 0 Å². The molecule has 0 saturated carbocycles. The zero-order chi connectivity index (χ0) is 10.0. The summed E-state index contributed by atoms with van der Waals surface area (Å²) in [6.07, 6.45) is 0. The molecule has 1 heterocycles. The van der Waals surface area contributed by atoms with Crippen LogP contribution >= 0.6 is 0 Å². The van der Waals surface area contributed by atoms with Gasteiger partial charge in [0.1, 0.15) is 0 Å². The van der Waals surface area contributed by atoms with Crippen LogP contribution < -0.4 is 5.73 Å². The normalized spacial score (nSPS) is 23.2. The van der Waals surface area contributed by atoms with Crippen LogP contribution in [0.1, 0.15) is 6.92 Å². The van der Waals surface area contributed by atoms with Gasteiger partial charge in [-0.05, 0) is 21.0 Å². The summed E-state index contributed by atoms with van der Waals surface area (Å²) in [5.74, 6) is 0.289. The maximum absolute atomic E-state index is 8.47. The summed E-state index contributed by atoms with van der Waals surface area (Å²) in [4.78, 5) is 4.37. The van der Waals surface area contributed by atoms with Gasteiger partial charge in [-0.1, -0.05) is 5.16 Å². The smallest absolute Gasteiger partial charge is 0.156 e. The van der Waals surface area contributed by atoms with Gasteiger partial charge >= 0.3 is 0 Å². The lowest BCUT2D eigenvalue weighted by atomic mass is 10.0. The van der Waals surface area contributed by atoms with Crippen molar-refractivity contribution in [2.24, 2.45) is 10.9 Å². The van der Waals surface area contributed by atoms with Crippen molar-refractivity contribution < 1.29 is 5.21 Å². The van der Waals surface area contributed by atoms with Crippen LogP contribution in [0.4, 0.5) is 0 Å². The van der Waals surface area contributed by atoms with Crippen LogP contribution in [-0.2, 0) is 0 Å². The highest BCUT2D eigenvalue weighted by Gasteiger charge is 2.32. The summed E-state index contributed by atoms with van der Waals surface area (Å²) in [7, 11) is 4.13. The Morgan fingerprint density at radius 1 is 1.62 bits per heavy atom. The Morgan fingerprint density at radius 2 is 2.15 bits per heavy atom. The molecule has 76 valence electrons. The monoisotopic (exact) mass is 186 g/mol. The number of nitrogens with two attached hydrogens (primary N) is 1. The number of likely N-dealkylation sites (tertiary alicyclic amines) is 1. The van der Waals surface area contributed by atoms with Gasteiger partial charge in [0, 0.05) is 19.1 Å². The van der Waals surface area contributed by atoms with Gasteiger partial charge in [-0.25, -0.2) is 0 Å². The van der Waals surface area contributed by atoms with Crippen LogP contribution in [0, 0.1) is 0 Å².